The molecular formula is C30H30Cl2N4O3. The van der Waals surface area contributed by atoms with E-state index in [1.54, 1.807) is 41.2 Å². The number of nitrogens with one attached hydrogen (secondary N) is 2. The molecule has 202 valence electrons. The standard InChI is InChI=1S/C30H30Cl2N4O3/c1-39-28-9-5-4-8-27(28)34-30(38)36(22-11-12-22)19-29(37)35(18-20-10-13-24(31)25(32)16-20)15-14-21-17-33-26-7-3-2-6-23(21)26/h2-10,13,16-17,22,33H,11-12,14-15,18-19H2,1H3,(H,34,38). The maximum atomic E-state index is 13.8. The molecule has 4 aromatic rings. The van der Waals surface area contributed by atoms with Gasteiger partial charge < -0.3 is 24.8 Å². The van der Waals surface area contributed by atoms with Crippen LogP contribution in [-0.4, -0.2) is 53.0 Å². The van der Waals surface area contributed by atoms with Crippen molar-refractivity contribution in [2.45, 2.75) is 31.8 Å². The second-order valence-electron chi connectivity index (χ2n) is 9.66. The van der Waals surface area contributed by atoms with E-state index in [-0.39, 0.29) is 24.5 Å². The summed E-state index contributed by atoms with van der Waals surface area (Å²) in [5.41, 5.74) is 3.62. The van der Waals surface area contributed by atoms with Crippen LogP contribution in [-0.2, 0) is 17.8 Å². The summed E-state index contributed by atoms with van der Waals surface area (Å²) >= 11 is 12.4. The van der Waals surface area contributed by atoms with Crippen LogP contribution in [0, 0.1) is 0 Å². The number of aromatic amines is 1. The van der Waals surface area contributed by atoms with E-state index in [9.17, 15) is 9.59 Å². The maximum Gasteiger partial charge on any atom is 0.322 e. The molecule has 7 nitrogen and oxygen atoms in total. The molecule has 0 saturated heterocycles. The number of benzene rings is 3. The first-order chi connectivity index (χ1) is 18.9. The fraction of sp³-hybridized carbons (Fsp3) is 0.267. The Kier molecular flexibility index (Phi) is 8.29. The molecule has 1 heterocycles. The van der Waals surface area contributed by atoms with Gasteiger partial charge in [0.2, 0.25) is 5.91 Å². The summed E-state index contributed by atoms with van der Waals surface area (Å²) in [6.07, 6.45) is 4.39. The van der Waals surface area contributed by atoms with Crippen molar-refractivity contribution < 1.29 is 14.3 Å². The Labute approximate surface area is 237 Å². The minimum absolute atomic E-state index is 0.0269. The Balaban J connectivity index is 1.34. The van der Waals surface area contributed by atoms with Crippen LogP contribution in [0.15, 0.2) is 72.9 Å². The number of ether oxygens (including phenoxy) is 1. The first kappa shape index (κ1) is 26.9. The van der Waals surface area contributed by atoms with E-state index in [0.717, 1.165) is 34.9 Å². The number of carbonyl (C=O) groups excluding carboxylic acids is 2. The van der Waals surface area contributed by atoms with Gasteiger partial charge >= 0.3 is 6.03 Å². The highest BCUT2D eigenvalue weighted by Crippen LogP contribution is 2.30. The average molecular weight is 566 g/mol. The summed E-state index contributed by atoms with van der Waals surface area (Å²) < 4.78 is 5.37. The number of fused-ring (bicyclic) bond motifs is 1. The Morgan fingerprint density at radius 3 is 2.56 bits per heavy atom. The van der Waals surface area contributed by atoms with E-state index < -0.39 is 0 Å². The highest BCUT2D eigenvalue weighted by atomic mass is 35.5. The number of aromatic nitrogens is 1. The number of anilines is 1. The van der Waals surface area contributed by atoms with Crippen molar-refractivity contribution in [1.82, 2.24) is 14.8 Å². The first-order valence-corrected chi connectivity index (χ1v) is 13.7. The second-order valence-corrected chi connectivity index (χ2v) is 10.5. The van der Waals surface area contributed by atoms with Crippen molar-refractivity contribution in [3.8, 4) is 5.75 Å². The van der Waals surface area contributed by atoms with Gasteiger partial charge in [-0.3, -0.25) is 4.79 Å². The van der Waals surface area contributed by atoms with Gasteiger partial charge in [0.1, 0.15) is 12.3 Å². The Morgan fingerprint density at radius 2 is 1.79 bits per heavy atom. The predicted octanol–water partition coefficient (Wildman–Crippen LogP) is 6.75. The maximum absolute atomic E-state index is 13.8. The molecule has 1 aliphatic carbocycles. The molecule has 0 radical (unpaired) electrons. The van der Waals surface area contributed by atoms with Gasteiger partial charge in [0.25, 0.3) is 0 Å². The summed E-state index contributed by atoms with van der Waals surface area (Å²) in [7, 11) is 1.56. The molecular weight excluding hydrogens is 535 g/mol. The third-order valence-electron chi connectivity index (χ3n) is 6.94. The molecule has 0 spiro atoms. The van der Waals surface area contributed by atoms with E-state index in [2.05, 4.69) is 16.4 Å². The zero-order valence-corrected chi connectivity index (χ0v) is 23.1. The highest BCUT2D eigenvalue weighted by Gasteiger charge is 2.35. The molecule has 0 unspecified atom stereocenters. The van der Waals surface area contributed by atoms with Crippen LogP contribution in [0.3, 0.4) is 0 Å². The van der Waals surface area contributed by atoms with Crippen molar-refractivity contribution in [2.75, 3.05) is 25.5 Å². The second kappa shape index (κ2) is 12.0. The fourth-order valence-corrected chi connectivity index (χ4v) is 5.00. The lowest BCUT2D eigenvalue weighted by atomic mass is 10.1. The topological polar surface area (TPSA) is 77.7 Å². The van der Waals surface area contributed by atoms with Crippen LogP contribution < -0.4 is 10.1 Å². The van der Waals surface area contributed by atoms with E-state index in [4.69, 9.17) is 27.9 Å². The quantitative estimate of drug-likeness (QED) is 0.223. The van der Waals surface area contributed by atoms with Crippen molar-refractivity contribution in [3.05, 3.63) is 94.1 Å². The van der Waals surface area contributed by atoms with E-state index >= 15 is 0 Å². The van der Waals surface area contributed by atoms with Gasteiger partial charge in [-0.15, -0.1) is 0 Å². The van der Waals surface area contributed by atoms with Crippen molar-refractivity contribution in [1.29, 1.82) is 0 Å². The van der Waals surface area contributed by atoms with Crippen LogP contribution in [0.1, 0.15) is 24.0 Å². The first-order valence-electron chi connectivity index (χ1n) is 12.9. The largest absolute Gasteiger partial charge is 0.495 e. The normalized spacial score (nSPS) is 12.8. The average Bonchev–Trinajstić information content (AvgIpc) is 3.71. The molecule has 1 aliphatic rings. The summed E-state index contributed by atoms with van der Waals surface area (Å²) in [6.45, 7) is 0.805. The molecule has 1 fully saturated rings. The number of carbonyl (C=O) groups is 2. The van der Waals surface area contributed by atoms with Crippen LogP contribution in [0.25, 0.3) is 10.9 Å². The number of nitrogens with zero attached hydrogens (tertiary/aromatic N) is 2. The zero-order valence-electron chi connectivity index (χ0n) is 21.6. The van der Waals surface area contributed by atoms with E-state index in [1.807, 2.05) is 42.6 Å². The molecule has 9 heteroatoms. The van der Waals surface area contributed by atoms with Gasteiger partial charge in [0.05, 0.1) is 22.8 Å². The SMILES string of the molecule is COc1ccccc1NC(=O)N(CC(=O)N(CCc1c[nH]c2ccccc12)Cc1ccc(Cl)c(Cl)c1)C1CC1. The number of amides is 3. The lowest BCUT2D eigenvalue weighted by molar-refractivity contribution is -0.132. The summed E-state index contributed by atoms with van der Waals surface area (Å²) in [5.74, 6) is 0.427. The Bertz CT molecular complexity index is 1480. The zero-order chi connectivity index (χ0) is 27.4. The molecule has 3 aromatic carbocycles. The fourth-order valence-electron chi connectivity index (χ4n) is 4.68. The minimum atomic E-state index is -0.318. The van der Waals surface area contributed by atoms with Crippen LogP contribution in [0.2, 0.25) is 10.0 Å². The lowest BCUT2D eigenvalue weighted by Gasteiger charge is -2.28. The Morgan fingerprint density at radius 1 is 1.03 bits per heavy atom. The molecule has 1 aromatic heterocycles. The van der Waals surface area contributed by atoms with Gasteiger partial charge in [-0.1, -0.05) is 59.6 Å². The van der Waals surface area contributed by atoms with Crippen molar-refractivity contribution in [2.24, 2.45) is 0 Å². The number of methoxy groups -OCH3 is 1. The number of urea groups is 1. The minimum Gasteiger partial charge on any atom is -0.495 e. The van der Waals surface area contributed by atoms with Gasteiger partial charge in [0.15, 0.2) is 0 Å². The van der Waals surface area contributed by atoms with Gasteiger partial charge in [-0.2, -0.15) is 0 Å². The molecule has 0 bridgehead atoms. The van der Waals surface area contributed by atoms with Crippen LogP contribution in [0.4, 0.5) is 10.5 Å². The highest BCUT2D eigenvalue weighted by molar-refractivity contribution is 6.42. The van der Waals surface area contributed by atoms with Crippen LogP contribution in [0.5, 0.6) is 5.75 Å². The van der Waals surface area contributed by atoms with E-state index in [0.29, 0.717) is 41.0 Å². The van der Waals surface area contributed by atoms with Gasteiger partial charge in [-0.25, -0.2) is 4.79 Å². The van der Waals surface area contributed by atoms with Crippen molar-refractivity contribution >= 4 is 51.7 Å². The third-order valence-corrected chi connectivity index (χ3v) is 7.68. The molecule has 0 aliphatic heterocycles. The van der Waals surface area contributed by atoms with Gasteiger partial charge in [-0.05, 0) is 60.7 Å². The molecule has 39 heavy (non-hydrogen) atoms. The van der Waals surface area contributed by atoms with Gasteiger partial charge in [0, 0.05) is 36.2 Å². The molecule has 5 rings (SSSR count). The van der Waals surface area contributed by atoms with Crippen LogP contribution >= 0.6 is 23.2 Å². The number of para-hydroxylation sites is 3. The third kappa shape index (κ3) is 6.49. The molecule has 2 N–H and O–H groups in total. The molecule has 3 amide bonds. The van der Waals surface area contributed by atoms with Crippen molar-refractivity contribution in [3.63, 3.8) is 0 Å². The summed E-state index contributed by atoms with van der Waals surface area (Å²) in [6, 6.07) is 20.4. The number of H-pyrrole nitrogens is 1. The smallest absolute Gasteiger partial charge is 0.322 e. The molecule has 0 atom stereocenters. The summed E-state index contributed by atoms with van der Waals surface area (Å²) in [4.78, 5) is 33.8. The number of halogens is 2. The number of hydrogen-bond acceptors (Lipinski definition) is 3. The predicted molar refractivity (Wildman–Crippen MR) is 156 cm³/mol. The monoisotopic (exact) mass is 564 g/mol. The lowest BCUT2D eigenvalue weighted by Crippen LogP contribution is -2.45. The Hall–Kier alpha value is -3.68. The summed E-state index contributed by atoms with van der Waals surface area (Å²) in [5, 5.41) is 4.96. The number of rotatable bonds is 10. The van der Waals surface area contributed by atoms with E-state index in [1.165, 1.54) is 0 Å². The number of hydrogen-bond donors (Lipinski definition) is 2. The molecule has 1 saturated carbocycles.